The van der Waals surface area contributed by atoms with Crippen LogP contribution in [0.3, 0.4) is 0 Å². The van der Waals surface area contributed by atoms with Crippen LogP contribution in [0.1, 0.15) is 84.5 Å². The molecule has 1 unspecified atom stereocenters. The molecular weight excluding hydrogens is 232 g/mol. The summed E-state index contributed by atoms with van der Waals surface area (Å²) in [5.74, 6) is 0. The van der Waals surface area contributed by atoms with Crippen LogP contribution < -0.4 is 0 Å². The Balaban J connectivity index is 3.22. The first-order chi connectivity index (χ1) is 9.31. The smallest absolute Gasteiger partial charge is 0.0540 e. The van der Waals surface area contributed by atoms with Crippen molar-refractivity contribution in [2.75, 3.05) is 0 Å². The van der Waals surface area contributed by atoms with E-state index >= 15 is 0 Å². The molecule has 0 aromatic carbocycles. The average Bonchev–Trinajstić information content (AvgIpc) is 2.41. The van der Waals surface area contributed by atoms with Crippen molar-refractivity contribution in [2.24, 2.45) is 0 Å². The molecule has 0 amide bonds. The van der Waals surface area contributed by atoms with Gasteiger partial charge in [0.25, 0.3) is 0 Å². The summed E-state index contributed by atoms with van der Waals surface area (Å²) in [5, 5.41) is 9.77. The molecule has 0 aliphatic rings. The quantitative estimate of drug-likeness (QED) is 0.330. The lowest BCUT2D eigenvalue weighted by Crippen LogP contribution is -2.05. The second-order valence-corrected chi connectivity index (χ2v) is 5.41. The number of aliphatic hydroxyl groups is 1. The van der Waals surface area contributed by atoms with E-state index in [2.05, 4.69) is 38.2 Å². The predicted molar refractivity (Wildman–Crippen MR) is 86.4 cm³/mol. The van der Waals surface area contributed by atoms with Gasteiger partial charge in [-0.1, -0.05) is 56.9 Å². The van der Waals surface area contributed by atoms with E-state index in [1.807, 2.05) is 0 Å². The van der Waals surface area contributed by atoms with Gasteiger partial charge in [-0.2, -0.15) is 0 Å². The molecule has 1 atom stereocenters. The summed E-state index contributed by atoms with van der Waals surface area (Å²) in [6, 6.07) is 0. The lowest BCUT2D eigenvalue weighted by Gasteiger charge is -2.09. The van der Waals surface area contributed by atoms with Gasteiger partial charge < -0.3 is 5.11 Å². The van der Waals surface area contributed by atoms with Gasteiger partial charge in [-0.15, -0.1) is 0 Å². The molecule has 0 aliphatic heterocycles. The Kier molecular flexibility index (Phi) is 15.0. The molecule has 0 fully saturated rings. The Morgan fingerprint density at radius 2 is 1.37 bits per heavy atom. The second kappa shape index (κ2) is 15.5. The van der Waals surface area contributed by atoms with Gasteiger partial charge in [0.05, 0.1) is 6.10 Å². The molecule has 0 aliphatic carbocycles. The summed E-state index contributed by atoms with van der Waals surface area (Å²) in [6.07, 6.45) is 21.8. The zero-order valence-corrected chi connectivity index (χ0v) is 13.1. The molecule has 0 rings (SSSR count). The van der Waals surface area contributed by atoms with Crippen LogP contribution in [0.15, 0.2) is 24.3 Å². The van der Waals surface area contributed by atoms with Crippen molar-refractivity contribution in [1.82, 2.24) is 0 Å². The Hall–Kier alpha value is -0.560. The van der Waals surface area contributed by atoms with Crippen LogP contribution in [0.2, 0.25) is 0 Å². The fourth-order valence-corrected chi connectivity index (χ4v) is 2.17. The third-order valence-electron chi connectivity index (χ3n) is 3.44. The van der Waals surface area contributed by atoms with Crippen molar-refractivity contribution in [3.63, 3.8) is 0 Å². The lowest BCUT2D eigenvalue weighted by atomic mass is 10.0. The van der Waals surface area contributed by atoms with Gasteiger partial charge in [0.2, 0.25) is 0 Å². The molecule has 0 heterocycles. The minimum Gasteiger partial charge on any atom is -0.393 e. The molecular formula is C18H34O. The van der Waals surface area contributed by atoms with E-state index in [1.165, 1.54) is 51.4 Å². The summed E-state index contributed by atoms with van der Waals surface area (Å²) in [6.45, 7) is 4.28. The van der Waals surface area contributed by atoms with Gasteiger partial charge >= 0.3 is 0 Å². The van der Waals surface area contributed by atoms with Gasteiger partial charge in [-0.25, -0.2) is 0 Å². The molecule has 0 bridgehead atoms. The number of rotatable bonds is 13. The number of hydrogen-bond acceptors (Lipinski definition) is 1. The minimum atomic E-state index is -0.0589. The highest BCUT2D eigenvalue weighted by Crippen LogP contribution is 2.11. The molecule has 0 aromatic heterocycles. The Bertz CT molecular complexity index is 218. The van der Waals surface area contributed by atoms with Gasteiger partial charge in [0, 0.05) is 0 Å². The Morgan fingerprint density at radius 3 is 2.00 bits per heavy atom. The van der Waals surface area contributed by atoms with Crippen LogP contribution >= 0.6 is 0 Å². The number of allylic oxidation sites excluding steroid dienone is 4. The highest BCUT2D eigenvalue weighted by atomic mass is 16.3. The largest absolute Gasteiger partial charge is 0.393 e. The van der Waals surface area contributed by atoms with E-state index in [1.54, 1.807) is 0 Å². The number of unbranched alkanes of at least 4 members (excludes halogenated alkanes) is 6. The SMILES string of the molecule is C/C=C/CCC/C=C\CCCCC(O)CCCCC. The fourth-order valence-electron chi connectivity index (χ4n) is 2.17. The fraction of sp³-hybridized carbons (Fsp3) is 0.778. The summed E-state index contributed by atoms with van der Waals surface area (Å²) >= 11 is 0. The monoisotopic (exact) mass is 266 g/mol. The summed E-state index contributed by atoms with van der Waals surface area (Å²) in [5.41, 5.74) is 0. The van der Waals surface area contributed by atoms with Crippen molar-refractivity contribution in [3.8, 4) is 0 Å². The third-order valence-corrected chi connectivity index (χ3v) is 3.44. The maximum atomic E-state index is 9.77. The van der Waals surface area contributed by atoms with E-state index in [4.69, 9.17) is 0 Å². The molecule has 112 valence electrons. The molecule has 0 aromatic rings. The zero-order valence-electron chi connectivity index (χ0n) is 13.1. The first-order valence-corrected chi connectivity index (χ1v) is 8.25. The van der Waals surface area contributed by atoms with Crippen LogP contribution in [-0.2, 0) is 0 Å². The number of hydrogen-bond donors (Lipinski definition) is 1. The molecule has 0 radical (unpaired) electrons. The van der Waals surface area contributed by atoms with Crippen molar-refractivity contribution in [2.45, 2.75) is 90.6 Å². The molecule has 1 nitrogen and oxygen atoms in total. The first-order valence-electron chi connectivity index (χ1n) is 8.25. The minimum absolute atomic E-state index is 0.0589. The van der Waals surface area contributed by atoms with Gasteiger partial charge in [-0.3, -0.25) is 0 Å². The second-order valence-electron chi connectivity index (χ2n) is 5.41. The van der Waals surface area contributed by atoms with E-state index in [0.717, 1.165) is 19.3 Å². The molecule has 19 heavy (non-hydrogen) atoms. The topological polar surface area (TPSA) is 20.2 Å². The molecule has 0 saturated carbocycles. The third kappa shape index (κ3) is 15.4. The molecule has 1 N–H and O–H groups in total. The van der Waals surface area contributed by atoms with E-state index in [9.17, 15) is 5.11 Å². The van der Waals surface area contributed by atoms with E-state index in [0.29, 0.717) is 0 Å². The normalized spacial score (nSPS) is 13.6. The predicted octanol–water partition coefficient (Wildman–Crippen LogP) is 5.79. The van der Waals surface area contributed by atoms with Gasteiger partial charge in [0.15, 0.2) is 0 Å². The lowest BCUT2D eigenvalue weighted by molar-refractivity contribution is 0.148. The maximum absolute atomic E-state index is 9.77. The molecule has 0 saturated heterocycles. The molecule has 0 spiro atoms. The van der Waals surface area contributed by atoms with E-state index in [-0.39, 0.29) is 6.10 Å². The van der Waals surface area contributed by atoms with Crippen LogP contribution in [0.5, 0.6) is 0 Å². The van der Waals surface area contributed by atoms with Crippen molar-refractivity contribution < 1.29 is 5.11 Å². The van der Waals surface area contributed by atoms with Gasteiger partial charge in [0.1, 0.15) is 0 Å². The van der Waals surface area contributed by atoms with Crippen molar-refractivity contribution in [1.29, 1.82) is 0 Å². The van der Waals surface area contributed by atoms with Crippen molar-refractivity contribution >= 4 is 0 Å². The molecule has 1 heteroatoms. The van der Waals surface area contributed by atoms with Gasteiger partial charge in [-0.05, 0) is 51.9 Å². The number of aliphatic hydroxyl groups excluding tert-OH is 1. The van der Waals surface area contributed by atoms with Crippen LogP contribution in [0.4, 0.5) is 0 Å². The summed E-state index contributed by atoms with van der Waals surface area (Å²) < 4.78 is 0. The highest BCUT2D eigenvalue weighted by molar-refractivity contribution is 4.83. The van der Waals surface area contributed by atoms with Crippen LogP contribution in [-0.4, -0.2) is 11.2 Å². The van der Waals surface area contributed by atoms with Crippen LogP contribution in [0.25, 0.3) is 0 Å². The Morgan fingerprint density at radius 1 is 0.789 bits per heavy atom. The first kappa shape index (κ1) is 18.4. The highest BCUT2D eigenvalue weighted by Gasteiger charge is 2.02. The Labute approximate surface area is 120 Å². The summed E-state index contributed by atoms with van der Waals surface area (Å²) in [7, 11) is 0. The van der Waals surface area contributed by atoms with E-state index < -0.39 is 0 Å². The average molecular weight is 266 g/mol. The summed E-state index contributed by atoms with van der Waals surface area (Å²) in [4.78, 5) is 0. The standard InChI is InChI=1S/C18H34O/c1-3-5-7-8-9-10-11-12-13-15-17-18(19)16-14-6-4-2/h3,5,10-11,18-19H,4,6-9,12-17H2,1-2H3/b5-3+,11-10-. The maximum Gasteiger partial charge on any atom is 0.0540 e. The zero-order chi connectivity index (χ0) is 14.2. The van der Waals surface area contributed by atoms with Crippen molar-refractivity contribution in [3.05, 3.63) is 24.3 Å². The van der Waals surface area contributed by atoms with Crippen LogP contribution in [0, 0.1) is 0 Å².